The van der Waals surface area contributed by atoms with E-state index in [9.17, 15) is 10.2 Å². The zero-order chi connectivity index (χ0) is 14.7. The molecule has 0 amide bonds. The second-order valence-corrected chi connectivity index (χ2v) is 6.64. The third kappa shape index (κ3) is 3.24. The maximum absolute atomic E-state index is 10.8. The van der Waals surface area contributed by atoms with E-state index in [4.69, 9.17) is 4.74 Å². The highest BCUT2D eigenvalue weighted by Crippen LogP contribution is 2.39. The molecule has 0 bridgehead atoms. The maximum atomic E-state index is 10.8. The van der Waals surface area contributed by atoms with Gasteiger partial charge in [0.15, 0.2) is 0 Å². The molecule has 1 fully saturated rings. The van der Waals surface area contributed by atoms with Crippen LogP contribution in [0.2, 0.25) is 0 Å². The van der Waals surface area contributed by atoms with Gasteiger partial charge in [-0.25, -0.2) is 0 Å². The second kappa shape index (κ2) is 6.37. The molecule has 3 rings (SSSR count). The molecule has 2 aliphatic rings. The topological polar surface area (TPSA) is 49.7 Å². The van der Waals surface area contributed by atoms with Gasteiger partial charge in [0, 0.05) is 0 Å². The van der Waals surface area contributed by atoms with Crippen LogP contribution in [-0.2, 0) is 0 Å². The molecule has 21 heavy (non-hydrogen) atoms. The summed E-state index contributed by atoms with van der Waals surface area (Å²) in [6, 6.07) is 8.08. The van der Waals surface area contributed by atoms with Crippen LogP contribution in [0.25, 0.3) is 0 Å². The highest BCUT2D eigenvalue weighted by molar-refractivity contribution is 5.37. The van der Waals surface area contributed by atoms with Crippen molar-refractivity contribution in [3.05, 3.63) is 29.8 Å². The average Bonchev–Trinajstić information content (AvgIpc) is 2.73. The SMILES string of the molecule is OC(CC1CCOc2ccccc21)C1(O)CCCCCC1. The van der Waals surface area contributed by atoms with Crippen LogP contribution in [-0.4, -0.2) is 28.5 Å². The predicted octanol–water partition coefficient (Wildman–Crippen LogP) is 3.39. The lowest BCUT2D eigenvalue weighted by atomic mass is 9.80. The van der Waals surface area contributed by atoms with Crippen LogP contribution in [0.4, 0.5) is 0 Å². The van der Waals surface area contributed by atoms with Crippen LogP contribution in [0.5, 0.6) is 5.75 Å². The van der Waals surface area contributed by atoms with E-state index in [1.165, 1.54) is 18.4 Å². The van der Waals surface area contributed by atoms with Crippen LogP contribution < -0.4 is 4.74 Å². The van der Waals surface area contributed by atoms with Crippen LogP contribution in [0.3, 0.4) is 0 Å². The Bertz CT molecular complexity index is 463. The van der Waals surface area contributed by atoms with Crippen LogP contribution in [0.15, 0.2) is 24.3 Å². The Morgan fingerprint density at radius 2 is 1.86 bits per heavy atom. The van der Waals surface area contributed by atoms with Gasteiger partial charge in [0.05, 0.1) is 18.3 Å². The van der Waals surface area contributed by atoms with Crippen molar-refractivity contribution in [2.24, 2.45) is 0 Å². The molecule has 1 saturated carbocycles. The molecule has 0 radical (unpaired) electrons. The van der Waals surface area contributed by atoms with E-state index in [-0.39, 0.29) is 5.92 Å². The molecule has 2 N–H and O–H groups in total. The number of benzene rings is 1. The summed E-state index contributed by atoms with van der Waals surface area (Å²) in [4.78, 5) is 0. The van der Waals surface area contributed by atoms with Gasteiger partial charge in [-0.3, -0.25) is 0 Å². The molecule has 116 valence electrons. The van der Waals surface area contributed by atoms with Gasteiger partial charge in [-0.05, 0) is 43.2 Å². The van der Waals surface area contributed by atoms with Crippen LogP contribution >= 0.6 is 0 Å². The molecule has 2 atom stereocenters. The van der Waals surface area contributed by atoms with Crippen molar-refractivity contribution in [1.29, 1.82) is 0 Å². The minimum atomic E-state index is -0.885. The number of aliphatic hydroxyl groups is 2. The molecular formula is C18H26O3. The predicted molar refractivity (Wildman–Crippen MR) is 82.6 cm³/mol. The first-order valence-electron chi connectivity index (χ1n) is 8.31. The molecular weight excluding hydrogens is 264 g/mol. The number of ether oxygens (including phenoxy) is 1. The third-order valence-corrected chi connectivity index (χ3v) is 5.18. The first-order valence-corrected chi connectivity index (χ1v) is 8.31. The minimum absolute atomic E-state index is 0.289. The van der Waals surface area contributed by atoms with Crippen molar-refractivity contribution in [2.45, 2.75) is 69.0 Å². The number of aliphatic hydroxyl groups excluding tert-OH is 1. The Kier molecular flexibility index (Phi) is 4.51. The van der Waals surface area contributed by atoms with Gasteiger partial charge in [-0.2, -0.15) is 0 Å². The van der Waals surface area contributed by atoms with E-state index in [1.54, 1.807) is 0 Å². The van der Waals surface area contributed by atoms with E-state index in [0.29, 0.717) is 13.0 Å². The van der Waals surface area contributed by atoms with Gasteiger partial charge in [-0.15, -0.1) is 0 Å². The fraction of sp³-hybridized carbons (Fsp3) is 0.667. The largest absolute Gasteiger partial charge is 0.493 e. The Hall–Kier alpha value is -1.06. The summed E-state index contributed by atoms with van der Waals surface area (Å²) in [6.07, 6.45) is 6.80. The van der Waals surface area contributed by atoms with E-state index in [2.05, 4.69) is 6.07 Å². The number of fused-ring (bicyclic) bond motifs is 1. The summed E-state index contributed by atoms with van der Waals surface area (Å²) in [6.45, 7) is 0.701. The fourth-order valence-corrected chi connectivity index (χ4v) is 3.82. The van der Waals surface area contributed by atoms with Gasteiger partial charge >= 0.3 is 0 Å². The fourth-order valence-electron chi connectivity index (χ4n) is 3.82. The molecule has 3 nitrogen and oxygen atoms in total. The molecule has 1 heterocycles. The minimum Gasteiger partial charge on any atom is -0.493 e. The third-order valence-electron chi connectivity index (χ3n) is 5.18. The van der Waals surface area contributed by atoms with Gasteiger partial charge in [0.1, 0.15) is 5.75 Å². The second-order valence-electron chi connectivity index (χ2n) is 6.64. The summed E-state index contributed by atoms with van der Waals surface area (Å²) >= 11 is 0. The summed E-state index contributed by atoms with van der Waals surface area (Å²) in [5.74, 6) is 1.23. The van der Waals surface area contributed by atoms with E-state index in [0.717, 1.165) is 37.9 Å². The first-order chi connectivity index (χ1) is 10.2. The number of para-hydroxylation sites is 1. The van der Waals surface area contributed by atoms with Crippen LogP contribution in [0.1, 0.15) is 62.8 Å². The highest BCUT2D eigenvalue weighted by atomic mass is 16.5. The Morgan fingerprint density at radius 1 is 1.14 bits per heavy atom. The molecule has 1 aliphatic heterocycles. The van der Waals surface area contributed by atoms with E-state index < -0.39 is 11.7 Å². The normalized spacial score (nSPS) is 26.3. The summed E-state index contributed by atoms with van der Waals surface area (Å²) in [5, 5.41) is 21.5. The number of hydrogen-bond acceptors (Lipinski definition) is 3. The van der Waals surface area contributed by atoms with Gasteiger partial charge in [0.2, 0.25) is 0 Å². The summed E-state index contributed by atoms with van der Waals surface area (Å²) in [7, 11) is 0. The van der Waals surface area contributed by atoms with Gasteiger partial charge in [-0.1, -0.05) is 43.9 Å². The van der Waals surface area contributed by atoms with Crippen molar-refractivity contribution in [2.75, 3.05) is 6.61 Å². The first kappa shape index (κ1) is 14.9. The zero-order valence-corrected chi connectivity index (χ0v) is 12.6. The molecule has 3 heteroatoms. The van der Waals surface area contributed by atoms with Crippen molar-refractivity contribution >= 4 is 0 Å². The Morgan fingerprint density at radius 3 is 2.62 bits per heavy atom. The molecule has 0 spiro atoms. The lowest BCUT2D eigenvalue weighted by Crippen LogP contribution is -2.43. The van der Waals surface area contributed by atoms with E-state index >= 15 is 0 Å². The number of hydrogen-bond donors (Lipinski definition) is 2. The van der Waals surface area contributed by atoms with Crippen molar-refractivity contribution in [1.82, 2.24) is 0 Å². The standard InChI is InChI=1S/C18H26O3/c19-17(18(20)10-5-1-2-6-11-18)13-14-9-12-21-16-8-4-3-7-15(14)16/h3-4,7-8,14,17,19-20H,1-2,5-6,9-13H2. The van der Waals surface area contributed by atoms with Crippen molar-refractivity contribution in [3.63, 3.8) is 0 Å². The van der Waals surface area contributed by atoms with E-state index in [1.807, 2.05) is 18.2 Å². The summed E-state index contributed by atoms with van der Waals surface area (Å²) < 4.78 is 5.68. The lowest BCUT2D eigenvalue weighted by molar-refractivity contribution is -0.0906. The Labute approximate surface area is 127 Å². The van der Waals surface area contributed by atoms with Crippen molar-refractivity contribution < 1.29 is 14.9 Å². The average molecular weight is 290 g/mol. The molecule has 1 aromatic rings. The maximum Gasteiger partial charge on any atom is 0.122 e. The molecule has 2 unspecified atom stereocenters. The van der Waals surface area contributed by atoms with Crippen LogP contribution in [0, 0.1) is 0 Å². The highest BCUT2D eigenvalue weighted by Gasteiger charge is 2.38. The quantitative estimate of drug-likeness (QED) is 0.839. The summed E-state index contributed by atoms with van der Waals surface area (Å²) in [5.41, 5.74) is 0.295. The smallest absolute Gasteiger partial charge is 0.122 e. The molecule has 0 aromatic heterocycles. The zero-order valence-electron chi connectivity index (χ0n) is 12.6. The number of rotatable bonds is 3. The monoisotopic (exact) mass is 290 g/mol. The Balaban J connectivity index is 1.71. The molecule has 0 saturated heterocycles. The lowest BCUT2D eigenvalue weighted by Gasteiger charge is -2.35. The van der Waals surface area contributed by atoms with Crippen molar-refractivity contribution in [3.8, 4) is 5.75 Å². The van der Waals surface area contributed by atoms with Gasteiger partial charge < -0.3 is 14.9 Å². The molecule has 1 aliphatic carbocycles. The van der Waals surface area contributed by atoms with Gasteiger partial charge in [0.25, 0.3) is 0 Å². The molecule has 1 aromatic carbocycles.